The molecule has 0 aromatic rings. The molecule has 0 spiro atoms. The van der Waals surface area contributed by atoms with Crippen molar-refractivity contribution in [3.05, 3.63) is 0 Å². The molecular formula is C9H19NO2S. The molecule has 2 N–H and O–H groups in total. The van der Waals surface area contributed by atoms with Crippen molar-refractivity contribution in [2.75, 3.05) is 12.3 Å². The van der Waals surface area contributed by atoms with E-state index in [0.717, 1.165) is 18.9 Å². The molecule has 0 saturated carbocycles. The first kappa shape index (κ1) is 11.1. The average Bonchev–Trinajstić information content (AvgIpc) is 2.55. The van der Waals surface area contributed by atoms with Gasteiger partial charge in [0.1, 0.15) is 0 Å². The Morgan fingerprint density at radius 2 is 2.23 bits per heavy atom. The van der Waals surface area contributed by atoms with Crippen LogP contribution in [0.1, 0.15) is 38.5 Å². The van der Waals surface area contributed by atoms with E-state index in [0.29, 0.717) is 5.75 Å². The molecule has 0 bridgehead atoms. The molecule has 1 fully saturated rings. The van der Waals surface area contributed by atoms with Crippen LogP contribution in [0, 0.1) is 0 Å². The normalized spacial score (nSPS) is 24.8. The van der Waals surface area contributed by atoms with Crippen molar-refractivity contribution < 1.29 is 8.76 Å². The van der Waals surface area contributed by atoms with Crippen LogP contribution in [0.5, 0.6) is 0 Å². The Bertz CT molecular complexity index is 158. The van der Waals surface area contributed by atoms with Crippen LogP contribution < -0.4 is 5.32 Å². The summed E-state index contributed by atoms with van der Waals surface area (Å²) < 4.78 is 18.8. The molecule has 1 saturated heterocycles. The average molecular weight is 205 g/mol. The summed E-state index contributed by atoms with van der Waals surface area (Å²) in [6.07, 6.45) is 7.02. The summed E-state index contributed by atoms with van der Waals surface area (Å²) in [5.41, 5.74) is 0. The highest BCUT2D eigenvalue weighted by Crippen LogP contribution is 2.12. The predicted octanol–water partition coefficient (Wildman–Crippen LogP) is 1.52. The third-order valence-electron chi connectivity index (χ3n) is 2.53. The van der Waals surface area contributed by atoms with Crippen molar-refractivity contribution in [2.45, 2.75) is 44.6 Å². The molecule has 0 aromatic heterocycles. The molecule has 0 aromatic carbocycles. The monoisotopic (exact) mass is 205 g/mol. The smallest absolute Gasteiger partial charge is 0.152 e. The van der Waals surface area contributed by atoms with Crippen molar-refractivity contribution >= 4 is 11.1 Å². The number of unbranched alkanes of at least 4 members (excludes halogenated alkanes) is 2. The van der Waals surface area contributed by atoms with Crippen LogP contribution >= 0.6 is 0 Å². The van der Waals surface area contributed by atoms with E-state index in [4.69, 9.17) is 4.55 Å². The second-order valence-corrected chi connectivity index (χ2v) is 4.72. The Balaban J connectivity index is 1.86. The van der Waals surface area contributed by atoms with E-state index in [1.807, 2.05) is 0 Å². The van der Waals surface area contributed by atoms with Crippen LogP contribution in [-0.2, 0) is 11.1 Å². The van der Waals surface area contributed by atoms with E-state index >= 15 is 0 Å². The van der Waals surface area contributed by atoms with Crippen molar-refractivity contribution in [1.29, 1.82) is 0 Å². The Morgan fingerprint density at radius 1 is 1.38 bits per heavy atom. The van der Waals surface area contributed by atoms with Gasteiger partial charge >= 0.3 is 0 Å². The molecule has 0 aliphatic carbocycles. The zero-order valence-electron chi connectivity index (χ0n) is 8.00. The molecule has 4 heteroatoms. The fourth-order valence-corrected chi connectivity index (χ4v) is 2.25. The van der Waals surface area contributed by atoms with Gasteiger partial charge in [-0.1, -0.05) is 12.8 Å². The van der Waals surface area contributed by atoms with Crippen LogP contribution in [0.2, 0.25) is 0 Å². The minimum atomic E-state index is -1.59. The minimum Gasteiger partial charge on any atom is -0.314 e. The van der Waals surface area contributed by atoms with Gasteiger partial charge in [-0.3, -0.25) is 0 Å². The Labute approximate surface area is 82.6 Å². The summed E-state index contributed by atoms with van der Waals surface area (Å²) in [4.78, 5) is 0. The fraction of sp³-hybridized carbons (Fsp3) is 1.00. The Hall–Kier alpha value is 0.0700. The highest BCUT2D eigenvalue weighted by molar-refractivity contribution is 7.79. The lowest BCUT2D eigenvalue weighted by atomic mass is 10.1. The number of rotatable bonds is 6. The van der Waals surface area contributed by atoms with Crippen molar-refractivity contribution in [3.63, 3.8) is 0 Å². The molecule has 1 aliphatic heterocycles. The van der Waals surface area contributed by atoms with Gasteiger partial charge in [-0.15, -0.1) is 0 Å². The van der Waals surface area contributed by atoms with Gasteiger partial charge in [-0.25, -0.2) is 4.21 Å². The Morgan fingerprint density at radius 3 is 2.85 bits per heavy atom. The van der Waals surface area contributed by atoms with Gasteiger partial charge in [0.05, 0.1) is 0 Å². The summed E-state index contributed by atoms with van der Waals surface area (Å²) in [5, 5.41) is 3.45. The summed E-state index contributed by atoms with van der Waals surface area (Å²) in [5.74, 6) is 0.443. The minimum absolute atomic E-state index is 0.443. The lowest BCUT2D eigenvalue weighted by Gasteiger charge is -2.08. The van der Waals surface area contributed by atoms with E-state index in [1.54, 1.807) is 0 Å². The largest absolute Gasteiger partial charge is 0.314 e. The summed E-state index contributed by atoms with van der Waals surface area (Å²) >= 11 is -1.59. The first-order valence-corrected chi connectivity index (χ1v) is 6.37. The third kappa shape index (κ3) is 5.39. The summed E-state index contributed by atoms with van der Waals surface area (Å²) in [6, 6.07) is 0.722. The molecule has 1 aliphatic rings. The second kappa shape index (κ2) is 6.51. The third-order valence-corrected chi connectivity index (χ3v) is 3.17. The van der Waals surface area contributed by atoms with Gasteiger partial charge in [-0.2, -0.15) is 0 Å². The summed E-state index contributed by atoms with van der Waals surface area (Å²) in [6.45, 7) is 1.17. The molecular weight excluding hydrogens is 186 g/mol. The number of hydrogen-bond acceptors (Lipinski definition) is 2. The van der Waals surface area contributed by atoms with Gasteiger partial charge in [0.15, 0.2) is 11.1 Å². The van der Waals surface area contributed by atoms with Crippen molar-refractivity contribution in [3.8, 4) is 0 Å². The maximum atomic E-state index is 10.3. The molecule has 2 unspecified atom stereocenters. The highest BCUT2D eigenvalue weighted by atomic mass is 32.2. The van der Waals surface area contributed by atoms with Crippen molar-refractivity contribution in [1.82, 2.24) is 5.32 Å². The molecule has 1 heterocycles. The van der Waals surface area contributed by atoms with E-state index in [9.17, 15) is 4.21 Å². The van der Waals surface area contributed by atoms with E-state index in [2.05, 4.69) is 5.32 Å². The van der Waals surface area contributed by atoms with Crippen LogP contribution in [-0.4, -0.2) is 27.1 Å². The lowest BCUT2D eigenvalue weighted by molar-refractivity contribution is 0.516. The van der Waals surface area contributed by atoms with Crippen molar-refractivity contribution in [2.24, 2.45) is 0 Å². The quantitative estimate of drug-likeness (QED) is 0.510. The molecule has 2 atom stereocenters. The fourth-order valence-electron chi connectivity index (χ4n) is 1.80. The zero-order valence-corrected chi connectivity index (χ0v) is 8.81. The molecule has 0 amide bonds. The van der Waals surface area contributed by atoms with Gasteiger partial charge in [0.2, 0.25) is 0 Å². The predicted molar refractivity (Wildman–Crippen MR) is 55.1 cm³/mol. The van der Waals surface area contributed by atoms with Crippen LogP contribution in [0.15, 0.2) is 0 Å². The SMILES string of the molecule is O=S(O)CCCCCC1CCCN1. The first-order valence-electron chi connectivity index (χ1n) is 5.10. The van der Waals surface area contributed by atoms with Crippen LogP contribution in [0.4, 0.5) is 0 Å². The van der Waals surface area contributed by atoms with E-state index in [-0.39, 0.29) is 0 Å². The van der Waals surface area contributed by atoms with Gasteiger partial charge < -0.3 is 9.87 Å². The Kier molecular flexibility index (Phi) is 5.58. The molecule has 1 rings (SSSR count). The molecule has 0 radical (unpaired) electrons. The van der Waals surface area contributed by atoms with E-state index < -0.39 is 11.1 Å². The van der Waals surface area contributed by atoms with Crippen LogP contribution in [0.3, 0.4) is 0 Å². The maximum Gasteiger partial charge on any atom is 0.152 e. The zero-order chi connectivity index (χ0) is 9.52. The highest BCUT2D eigenvalue weighted by Gasteiger charge is 2.12. The van der Waals surface area contributed by atoms with Crippen LogP contribution in [0.25, 0.3) is 0 Å². The van der Waals surface area contributed by atoms with Gasteiger partial charge in [-0.05, 0) is 32.2 Å². The molecule has 3 nitrogen and oxygen atoms in total. The summed E-state index contributed by atoms with van der Waals surface area (Å²) in [7, 11) is 0. The van der Waals surface area contributed by atoms with E-state index in [1.165, 1.54) is 32.2 Å². The first-order chi connectivity index (χ1) is 6.29. The molecule has 13 heavy (non-hydrogen) atoms. The second-order valence-electron chi connectivity index (χ2n) is 3.67. The van der Waals surface area contributed by atoms with Gasteiger partial charge in [0, 0.05) is 11.8 Å². The molecule has 78 valence electrons. The maximum absolute atomic E-state index is 10.3. The standard InChI is InChI=1S/C9H19NO2S/c11-13(12)8-3-1-2-5-9-6-4-7-10-9/h9-10H,1-8H2,(H,11,12). The van der Waals surface area contributed by atoms with Gasteiger partial charge in [0.25, 0.3) is 0 Å². The number of nitrogens with one attached hydrogen (secondary N) is 1. The lowest BCUT2D eigenvalue weighted by Crippen LogP contribution is -2.20. The topological polar surface area (TPSA) is 49.3 Å². The number of hydrogen-bond donors (Lipinski definition) is 2.